The van der Waals surface area contributed by atoms with Crippen molar-refractivity contribution in [3.63, 3.8) is 0 Å². The number of aryl methyl sites for hydroxylation is 1. The predicted molar refractivity (Wildman–Crippen MR) is 82.7 cm³/mol. The molecular formula is C14H12BrCl2N. The summed E-state index contributed by atoms with van der Waals surface area (Å²) in [5.74, 6) is 0. The summed E-state index contributed by atoms with van der Waals surface area (Å²) in [4.78, 5) is 0. The average Bonchev–Trinajstić information content (AvgIpc) is 2.33. The molecule has 94 valence electrons. The van der Waals surface area contributed by atoms with Crippen molar-refractivity contribution >= 4 is 44.8 Å². The van der Waals surface area contributed by atoms with Gasteiger partial charge in [0.05, 0.1) is 15.7 Å². The van der Waals surface area contributed by atoms with Gasteiger partial charge in [-0.2, -0.15) is 0 Å². The second kappa shape index (κ2) is 5.96. The lowest BCUT2D eigenvalue weighted by molar-refractivity contribution is 1.14. The Morgan fingerprint density at radius 3 is 2.39 bits per heavy atom. The maximum Gasteiger partial charge on any atom is 0.0721 e. The number of hydrogen-bond acceptors (Lipinski definition) is 1. The summed E-state index contributed by atoms with van der Waals surface area (Å²) >= 11 is 15.7. The van der Waals surface area contributed by atoms with Crippen LogP contribution < -0.4 is 5.32 Å². The van der Waals surface area contributed by atoms with Gasteiger partial charge in [-0.1, -0.05) is 57.3 Å². The fourth-order valence-corrected chi connectivity index (χ4v) is 2.45. The van der Waals surface area contributed by atoms with Crippen molar-refractivity contribution in [3.05, 3.63) is 62.0 Å². The Bertz CT molecular complexity index is 549. The average molecular weight is 345 g/mol. The third-order valence-electron chi connectivity index (χ3n) is 2.65. The monoisotopic (exact) mass is 343 g/mol. The van der Waals surface area contributed by atoms with Crippen LogP contribution in [-0.4, -0.2) is 0 Å². The predicted octanol–water partition coefficient (Wildman–Crippen LogP) is 5.68. The molecule has 4 heteroatoms. The summed E-state index contributed by atoms with van der Waals surface area (Å²) in [7, 11) is 0. The summed E-state index contributed by atoms with van der Waals surface area (Å²) in [5.41, 5.74) is 3.17. The molecule has 0 fully saturated rings. The van der Waals surface area contributed by atoms with Gasteiger partial charge in [-0.3, -0.25) is 0 Å². The molecule has 1 N–H and O–H groups in total. The van der Waals surface area contributed by atoms with Crippen LogP contribution in [0.5, 0.6) is 0 Å². The van der Waals surface area contributed by atoms with Gasteiger partial charge in [0.1, 0.15) is 0 Å². The van der Waals surface area contributed by atoms with Gasteiger partial charge in [0.2, 0.25) is 0 Å². The minimum Gasteiger partial charge on any atom is -0.379 e. The van der Waals surface area contributed by atoms with E-state index >= 15 is 0 Å². The molecule has 0 aromatic heterocycles. The Morgan fingerprint density at radius 2 is 1.78 bits per heavy atom. The second-order valence-electron chi connectivity index (χ2n) is 4.03. The Labute approximate surface area is 125 Å². The molecule has 1 nitrogen and oxygen atoms in total. The number of nitrogens with one attached hydrogen (secondary N) is 1. The zero-order valence-electron chi connectivity index (χ0n) is 9.81. The zero-order chi connectivity index (χ0) is 13.1. The van der Waals surface area contributed by atoms with Gasteiger partial charge in [0.25, 0.3) is 0 Å². The van der Waals surface area contributed by atoms with E-state index < -0.39 is 0 Å². The molecule has 0 radical (unpaired) electrons. The number of anilines is 1. The van der Waals surface area contributed by atoms with Crippen molar-refractivity contribution in [3.8, 4) is 0 Å². The van der Waals surface area contributed by atoms with Crippen LogP contribution in [0.15, 0.2) is 40.9 Å². The summed E-state index contributed by atoms with van der Waals surface area (Å²) in [6.45, 7) is 2.76. The molecule has 2 aromatic rings. The van der Waals surface area contributed by atoms with Gasteiger partial charge in [-0.05, 0) is 36.2 Å². The van der Waals surface area contributed by atoms with Crippen LogP contribution in [0.1, 0.15) is 11.1 Å². The van der Waals surface area contributed by atoms with E-state index in [4.69, 9.17) is 23.2 Å². The molecule has 0 aliphatic rings. The molecule has 0 amide bonds. The van der Waals surface area contributed by atoms with E-state index in [2.05, 4.69) is 40.3 Å². The Kier molecular flexibility index (Phi) is 4.55. The van der Waals surface area contributed by atoms with E-state index in [1.54, 1.807) is 0 Å². The van der Waals surface area contributed by atoms with Crippen molar-refractivity contribution in [2.24, 2.45) is 0 Å². The zero-order valence-corrected chi connectivity index (χ0v) is 12.9. The smallest absolute Gasteiger partial charge is 0.0721 e. The van der Waals surface area contributed by atoms with Crippen molar-refractivity contribution < 1.29 is 0 Å². The first-order chi connectivity index (χ1) is 8.58. The van der Waals surface area contributed by atoms with Gasteiger partial charge in [0, 0.05) is 11.0 Å². The Hall–Kier alpha value is -0.700. The molecule has 0 aliphatic heterocycles. The van der Waals surface area contributed by atoms with Crippen LogP contribution in [0, 0.1) is 6.92 Å². The molecule has 0 aliphatic carbocycles. The molecule has 0 saturated heterocycles. The van der Waals surface area contributed by atoms with Gasteiger partial charge in [-0.15, -0.1) is 0 Å². The largest absolute Gasteiger partial charge is 0.379 e. The van der Waals surface area contributed by atoms with E-state index in [1.165, 1.54) is 11.1 Å². The number of benzene rings is 2. The summed E-state index contributed by atoms with van der Waals surface area (Å²) in [6.07, 6.45) is 0. The summed E-state index contributed by atoms with van der Waals surface area (Å²) < 4.78 is 1.11. The topological polar surface area (TPSA) is 12.0 Å². The molecule has 0 unspecified atom stereocenters. The lowest BCUT2D eigenvalue weighted by atomic mass is 10.1. The molecule has 0 atom stereocenters. The SMILES string of the molecule is Cc1cc(CNc2c(Cl)cccc2Cl)ccc1Br. The van der Waals surface area contributed by atoms with Crippen LogP contribution in [-0.2, 0) is 6.54 Å². The number of para-hydroxylation sites is 1. The molecule has 2 rings (SSSR count). The first kappa shape index (κ1) is 13.7. The third-order valence-corrected chi connectivity index (χ3v) is 4.17. The molecule has 0 bridgehead atoms. The van der Waals surface area contributed by atoms with Crippen molar-refractivity contribution in [2.75, 3.05) is 5.32 Å². The highest BCUT2D eigenvalue weighted by Crippen LogP contribution is 2.30. The minimum absolute atomic E-state index is 0.635. The highest BCUT2D eigenvalue weighted by atomic mass is 79.9. The highest BCUT2D eigenvalue weighted by molar-refractivity contribution is 9.10. The number of halogens is 3. The van der Waals surface area contributed by atoms with Gasteiger partial charge >= 0.3 is 0 Å². The van der Waals surface area contributed by atoms with Crippen molar-refractivity contribution in [1.29, 1.82) is 0 Å². The molecular weight excluding hydrogens is 333 g/mol. The van der Waals surface area contributed by atoms with Gasteiger partial charge in [-0.25, -0.2) is 0 Å². The van der Waals surface area contributed by atoms with E-state index in [1.807, 2.05) is 24.3 Å². The van der Waals surface area contributed by atoms with Crippen molar-refractivity contribution in [1.82, 2.24) is 0 Å². The first-order valence-corrected chi connectivity index (χ1v) is 7.06. The first-order valence-electron chi connectivity index (χ1n) is 5.51. The quantitative estimate of drug-likeness (QED) is 0.755. The molecule has 0 heterocycles. The maximum atomic E-state index is 6.10. The van der Waals surface area contributed by atoms with Crippen LogP contribution in [0.3, 0.4) is 0 Å². The van der Waals surface area contributed by atoms with Crippen LogP contribution in [0.2, 0.25) is 10.0 Å². The molecule has 18 heavy (non-hydrogen) atoms. The van der Waals surface area contributed by atoms with Gasteiger partial charge in [0.15, 0.2) is 0 Å². The van der Waals surface area contributed by atoms with E-state index in [9.17, 15) is 0 Å². The van der Waals surface area contributed by atoms with Crippen molar-refractivity contribution in [2.45, 2.75) is 13.5 Å². The normalized spacial score (nSPS) is 10.4. The summed E-state index contributed by atoms with van der Waals surface area (Å²) in [5, 5.41) is 4.54. The fourth-order valence-electron chi connectivity index (χ4n) is 1.67. The summed E-state index contributed by atoms with van der Waals surface area (Å²) in [6, 6.07) is 11.7. The third kappa shape index (κ3) is 3.19. The maximum absolute atomic E-state index is 6.10. The second-order valence-corrected chi connectivity index (χ2v) is 5.70. The van der Waals surface area contributed by atoms with E-state index in [0.29, 0.717) is 16.6 Å². The minimum atomic E-state index is 0.635. The molecule has 0 spiro atoms. The standard InChI is InChI=1S/C14H12BrCl2N/c1-9-7-10(5-6-11(9)15)8-18-14-12(16)3-2-4-13(14)17/h2-7,18H,8H2,1H3. The fraction of sp³-hybridized carbons (Fsp3) is 0.143. The Balaban J connectivity index is 2.14. The molecule has 2 aromatic carbocycles. The Morgan fingerprint density at radius 1 is 1.11 bits per heavy atom. The number of hydrogen-bond donors (Lipinski definition) is 1. The van der Waals surface area contributed by atoms with Crippen LogP contribution >= 0.6 is 39.1 Å². The van der Waals surface area contributed by atoms with E-state index in [0.717, 1.165) is 10.2 Å². The van der Waals surface area contributed by atoms with E-state index in [-0.39, 0.29) is 0 Å². The van der Waals surface area contributed by atoms with Gasteiger partial charge < -0.3 is 5.32 Å². The van der Waals surface area contributed by atoms with Crippen LogP contribution in [0.25, 0.3) is 0 Å². The number of rotatable bonds is 3. The lowest BCUT2D eigenvalue weighted by Crippen LogP contribution is -2.01. The lowest BCUT2D eigenvalue weighted by Gasteiger charge is -2.11. The molecule has 0 saturated carbocycles. The highest BCUT2D eigenvalue weighted by Gasteiger charge is 2.05. The van der Waals surface area contributed by atoms with Crippen LogP contribution in [0.4, 0.5) is 5.69 Å².